The maximum Gasteiger partial charge on any atom is 0.636 e. The van der Waals surface area contributed by atoms with Gasteiger partial charge in [-0.15, -0.1) is 0 Å². The monoisotopic (exact) mass is 1030 g/mol. The molecule has 0 saturated heterocycles. The molecule has 0 atom stereocenters. The van der Waals surface area contributed by atoms with Crippen molar-refractivity contribution in [3.8, 4) is 0 Å². The van der Waals surface area contributed by atoms with E-state index in [0.717, 1.165) is 37.0 Å². The number of hydrogen-bond donors (Lipinski definition) is 0. The van der Waals surface area contributed by atoms with Crippen molar-refractivity contribution in [3.05, 3.63) is 0 Å². The minimum absolute atomic E-state index is 0.787. The zero-order chi connectivity index (χ0) is 45.8. The van der Waals surface area contributed by atoms with Crippen LogP contribution in [0.25, 0.3) is 0 Å². The van der Waals surface area contributed by atoms with E-state index < -0.39 is 110 Å². The second-order valence-electron chi connectivity index (χ2n) is 25.0. The molecule has 10 nitrogen and oxygen atoms in total. The maximum absolute atomic E-state index is 7.46. The van der Waals surface area contributed by atoms with E-state index in [9.17, 15) is 0 Å². The van der Waals surface area contributed by atoms with Crippen LogP contribution in [0.15, 0.2) is 0 Å². The molecule has 0 aliphatic carbocycles. The highest BCUT2D eigenvalue weighted by molar-refractivity contribution is 6.93. The van der Waals surface area contributed by atoms with Gasteiger partial charge < -0.3 is 41.2 Å². The van der Waals surface area contributed by atoms with Crippen LogP contribution in [-0.2, 0) is 41.2 Å². The van der Waals surface area contributed by atoms with Gasteiger partial charge in [-0.25, -0.2) is 0 Å². The molecule has 0 aromatic carbocycles. The van der Waals surface area contributed by atoms with Crippen LogP contribution in [0.4, 0.5) is 0 Å². The largest absolute Gasteiger partial charge is 0.636 e. The van der Waals surface area contributed by atoms with Gasteiger partial charge in [-0.2, -0.15) is 0 Å². The van der Waals surface area contributed by atoms with Gasteiger partial charge in [-0.1, -0.05) is 0 Å². The predicted octanol–water partition coefficient (Wildman–Crippen LogP) is 13.3. The Labute approximate surface area is 368 Å². The summed E-state index contributed by atoms with van der Waals surface area (Å²) in [5.41, 5.74) is 0. The van der Waals surface area contributed by atoms with Gasteiger partial charge >= 0.3 is 26.7 Å². The lowest BCUT2D eigenvalue weighted by Gasteiger charge is -2.45. The van der Waals surface area contributed by atoms with Gasteiger partial charge in [0.15, 0.2) is 83.2 Å². The van der Waals surface area contributed by atoms with Crippen LogP contribution in [0, 0.1) is 0 Å². The molecule has 0 rings (SSSR count). The molecule has 23 heteroatoms. The van der Waals surface area contributed by atoms with Crippen molar-refractivity contribution < 1.29 is 41.2 Å². The van der Waals surface area contributed by atoms with Crippen molar-refractivity contribution in [1.82, 2.24) is 0 Å². The maximum atomic E-state index is 7.46. The summed E-state index contributed by atoms with van der Waals surface area (Å²) >= 11 is 0. The molecule has 0 spiro atoms. The zero-order valence-electron chi connectivity index (χ0n) is 42.8. The summed E-state index contributed by atoms with van der Waals surface area (Å²) in [7, 11) is -30.8. The van der Waals surface area contributed by atoms with Gasteiger partial charge in [0.25, 0.3) is 0 Å². The van der Waals surface area contributed by atoms with E-state index in [0.29, 0.717) is 0 Å². The van der Waals surface area contributed by atoms with E-state index in [1.807, 2.05) is 0 Å². The fourth-order valence-corrected chi connectivity index (χ4v) is 53.9. The van der Waals surface area contributed by atoms with Crippen LogP contribution < -0.4 is 0 Å². The van der Waals surface area contributed by atoms with Gasteiger partial charge in [0, 0.05) is 12.1 Å². The molecule has 0 unspecified atom stereocenters. The van der Waals surface area contributed by atoms with Gasteiger partial charge in [0.05, 0.1) is 0 Å². The topological polar surface area (TPSA) is 92.3 Å². The first-order chi connectivity index (χ1) is 24.5. The molecule has 0 radical (unpaired) electrons. The second-order valence-corrected chi connectivity index (χ2v) is 79.7. The third-order valence-electron chi connectivity index (χ3n) is 6.96. The molecule has 0 fully saturated rings. The second kappa shape index (κ2) is 20.7. The first kappa shape index (κ1) is 59.4. The normalized spacial score (nSPS) is 15.8. The Morgan fingerprint density at radius 2 is 0.386 bits per heavy atom. The third-order valence-corrected chi connectivity index (χ3v) is 47.5. The van der Waals surface area contributed by atoms with E-state index >= 15 is 0 Å². The molecule has 0 N–H and O–H groups in total. The van der Waals surface area contributed by atoms with Gasteiger partial charge in [-0.3, -0.25) is 0 Å². The summed E-state index contributed by atoms with van der Waals surface area (Å²) in [6, 6.07) is 3.37. The van der Waals surface area contributed by atoms with E-state index in [2.05, 4.69) is 183 Å². The van der Waals surface area contributed by atoms with Crippen molar-refractivity contribution in [1.29, 1.82) is 0 Å². The lowest BCUT2D eigenvalue weighted by molar-refractivity contribution is 0.147. The molecular formula is C34H96O10Si13. The summed E-state index contributed by atoms with van der Waals surface area (Å²) in [6.07, 6.45) is 1.79. The summed E-state index contributed by atoms with van der Waals surface area (Å²) in [4.78, 5) is 0. The minimum atomic E-state index is -3.63. The molecule has 0 bridgehead atoms. The van der Waals surface area contributed by atoms with E-state index in [1.165, 1.54) is 0 Å². The number of rotatable bonds is 28. The smallest absolute Gasteiger partial charge is 0.417 e. The highest BCUT2D eigenvalue weighted by Gasteiger charge is 2.58. The fraction of sp³-hybridized carbons (Fsp3) is 1.00. The Morgan fingerprint density at radius 1 is 0.211 bits per heavy atom. The summed E-state index contributed by atoms with van der Waals surface area (Å²) in [5, 5.41) is 0. The molecular weight excluding hydrogens is 933 g/mol. The Morgan fingerprint density at radius 3 is 0.544 bits per heavy atom. The predicted molar refractivity (Wildman–Crippen MR) is 278 cm³/mol. The van der Waals surface area contributed by atoms with Crippen LogP contribution in [0.1, 0.15) is 12.8 Å². The van der Waals surface area contributed by atoms with E-state index in [1.54, 1.807) is 0 Å². The summed E-state index contributed by atoms with van der Waals surface area (Å²) in [6.45, 7) is 63.1. The first-order valence-electron chi connectivity index (χ1n) is 21.5. The Bertz CT molecular complexity index is 1040. The van der Waals surface area contributed by atoms with Crippen LogP contribution >= 0.6 is 0 Å². The van der Waals surface area contributed by atoms with Gasteiger partial charge in [-0.05, 0) is 208 Å². The van der Waals surface area contributed by atoms with Crippen molar-refractivity contribution in [2.24, 2.45) is 0 Å². The Hall–Kier alpha value is 2.42. The number of hydrogen-bond acceptors (Lipinski definition) is 10. The molecule has 0 aliphatic heterocycles. The first-order valence-corrected chi connectivity index (χ1v) is 60.5. The van der Waals surface area contributed by atoms with Crippen molar-refractivity contribution in [2.75, 3.05) is 0 Å². The standard InChI is InChI=1S/C34H96O10Si13/c1-45(2,3)35-55(36-46(4,5)6,37-47(7,8)9)33-29-31-53(25,26)43-57(41-51(19,20)21,42-52(22,23)24)44-54(27,28)32-30-34-56(38-48(10,11)12,39-49(13,14)15)40-50(16,17)18/h29-34H2,1-28H3. The van der Waals surface area contributed by atoms with Gasteiger partial charge in [0.1, 0.15) is 0 Å². The van der Waals surface area contributed by atoms with Crippen molar-refractivity contribution in [2.45, 2.75) is 220 Å². The molecule has 0 saturated carbocycles. The molecule has 344 valence electrons. The molecule has 0 aliphatic rings. The van der Waals surface area contributed by atoms with Crippen LogP contribution in [0.5, 0.6) is 0 Å². The quantitative estimate of drug-likeness (QED) is 0.0706. The Kier molecular flexibility index (Phi) is 21.6. The molecule has 0 amide bonds. The minimum Gasteiger partial charge on any atom is -0.417 e. The highest BCUT2D eigenvalue weighted by Crippen LogP contribution is 2.37. The van der Waals surface area contributed by atoms with E-state index in [4.69, 9.17) is 41.2 Å². The molecule has 57 heavy (non-hydrogen) atoms. The average molecular weight is 1030 g/mol. The van der Waals surface area contributed by atoms with Gasteiger partial charge in [0.2, 0.25) is 0 Å². The van der Waals surface area contributed by atoms with Crippen LogP contribution in [0.2, 0.25) is 207 Å². The molecule has 0 heterocycles. The molecule has 0 aromatic rings. The van der Waals surface area contributed by atoms with Crippen molar-refractivity contribution >= 4 is 110 Å². The van der Waals surface area contributed by atoms with E-state index in [-0.39, 0.29) is 0 Å². The third kappa shape index (κ3) is 30.2. The average Bonchev–Trinajstić information content (AvgIpc) is 2.72. The summed E-state index contributed by atoms with van der Waals surface area (Å²) in [5.74, 6) is 0. The summed E-state index contributed by atoms with van der Waals surface area (Å²) < 4.78 is 71.5. The van der Waals surface area contributed by atoms with Crippen LogP contribution in [-0.4, -0.2) is 110 Å². The fourth-order valence-electron chi connectivity index (χ4n) is 6.35. The van der Waals surface area contributed by atoms with Crippen LogP contribution in [0.3, 0.4) is 0 Å². The highest BCUT2D eigenvalue weighted by atomic mass is 28.5. The van der Waals surface area contributed by atoms with Crippen molar-refractivity contribution in [3.63, 3.8) is 0 Å². The Balaban J connectivity index is 6.88. The zero-order valence-corrected chi connectivity index (χ0v) is 55.8. The SMILES string of the molecule is C[Si](C)(C)O[Si](CCC[Si](C)(C)O[Si](O[Si](C)(C)C)(O[Si](C)(C)C)O[Si](C)(C)CCC[Si](O[Si](C)(C)C)(O[Si](C)(C)C)O[Si](C)(C)C)(O[Si](C)(C)C)O[Si](C)(C)C. The molecule has 0 aromatic heterocycles. The lowest BCUT2D eigenvalue weighted by atomic mass is 10.6. The lowest BCUT2D eigenvalue weighted by Crippen LogP contribution is -2.66.